The Morgan fingerprint density at radius 3 is 2.72 bits per heavy atom. The molecule has 0 aliphatic rings. The lowest BCUT2D eigenvalue weighted by Gasteiger charge is -2.11. The Balaban J connectivity index is 1.61. The molecule has 0 unspecified atom stereocenters. The fourth-order valence-electron chi connectivity index (χ4n) is 2.23. The second-order valence-electron chi connectivity index (χ2n) is 5.56. The van der Waals surface area contributed by atoms with Gasteiger partial charge in [-0.1, -0.05) is 30.0 Å². The number of aromatic nitrogens is 1. The molecule has 1 aromatic heterocycles. The molecule has 3 rings (SSSR count). The SMILES string of the molecule is CN(C)C(=O)c1cccc(NC(=O)CSc2nc3ccccc3s2)c1. The zero-order valence-corrected chi connectivity index (χ0v) is 15.5. The molecule has 0 saturated heterocycles. The fraction of sp³-hybridized carbons (Fsp3) is 0.167. The Morgan fingerprint density at radius 2 is 1.96 bits per heavy atom. The van der Waals surface area contributed by atoms with Crippen LogP contribution in [0.15, 0.2) is 52.9 Å². The summed E-state index contributed by atoms with van der Waals surface area (Å²) >= 11 is 2.99. The summed E-state index contributed by atoms with van der Waals surface area (Å²) < 4.78 is 1.98. The van der Waals surface area contributed by atoms with E-state index in [9.17, 15) is 9.59 Å². The molecule has 0 atom stereocenters. The number of nitrogens with zero attached hydrogens (tertiary/aromatic N) is 2. The van der Waals surface area contributed by atoms with Gasteiger partial charge < -0.3 is 10.2 Å². The van der Waals surface area contributed by atoms with Crippen LogP contribution in [0.5, 0.6) is 0 Å². The molecule has 0 saturated carbocycles. The van der Waals surface area contributed by atoms with Crippen molar-refractivity contribution in [2.45, 2.75) is 4.34 Å². The lowest BCUT2D eigenvalue weighted by atomic mass is 10.2. The zero-order valence-electron chi connectivity index (χ0n) is 13.9. The number of thioether (sulfide) groups is 1. The van der Waals surface area contributed by atoms with E-state index in [0.29, 0.717) is 11.3 Å². The minimum absolute atomic E-state index is 0.0973. The summed E-state index contributed by atoms with van der Waals surface area (Å²) in [5, 5.41) is 2.83. The highest BCUT2D eigenvalue weighted by Crippen LogP contribution is 2.29. The van der Waals surface area contributed by atoms with Gasteiger partial charge in [-0.25, -0.2) is 4.98 Å². The molecule has 25 heavy (non-hydrogen) atoms. The number of nitrogens with one attached hydrogen (secondary N) is 1. The van der Waals surface area contributed by atoms with Crippen molar-refractivity contribution in [3.8, 4) is 0 Å². The molecule has 2 aromatic carbocycles. The summed E-state index contributed by atoms with van der Waals surface area (Å²) in [6.07, 6.45) is 0. The molecule has 2 amide bonds. The third kappa shape index (κ3) is 4.37. The summed E-state index contributed by atoms with van der Waals surface area (Å²) in [5.41, 5.74) is 2.11. The molecule has 1 heterocycles. The molecular weight excluding hydrogens is 354 g/mol. The molecule has 3 aromatic rings. The summed E-state index contributed by atoms with van der Waals surface area (Å²) in [4.78, 5) is 30.1. The minimum atomic E-state index is -0.126. The highest BCUT2D eigenvalue weighted by molar-refractivity contribution is 8.01. The third-order valence-corrected chi connectivity index (χ3v) is 5.58. The van der Waals surface area contributed by atoms with Crippen LogP contribution in [0.2, 0.25) is 0 Å². The van der Waals surface area contributed by atoms with Crippen molar-refractivity contribution in [1.29, 1.82) is 0 Å². The second kappa shape index (κ2) is 7.67. The van der Waals surface area contributed by atoms with Gasteiger partial charge in [0.25, 0.3) is 5.91 Å². The van der Waals surface area contributed by atoms with Crippen LogP contribution in [0.3, 0.4) is 0 Å². The predicted octanol–water partition coefficient (Wildman–Crippen LogP) is 3.73. The third-order valence-electron chi connectivity index (χ3n) is 3.40. The van der Waals surface area contributed by atoms with E-state index >= 15 is 0 Å². The first kappa shape index (κ1) is 17.4. The van der Waals surface area contributed by atoms with Gasteiger partial charge in [0.2, 0.25) is 5.91 Å². The maximum absolute atomic E-state index is 12.2. The lowest BCUT2D eigenvalue weighted by Crippen LogP contribution is -2.22. The van der Waals surface area contributed by atoms with Crippen molar-refractivity contribution in [3.63, 3.8) is 0 Å². The van der Waals surface area contributed by atoms with Gasteiger partial charge in [-0.3, -0.25) is 9.59 Å². The van der Waals surface area contributed by atoms with Gasteiger partial charge in [0.15, 0.2) is 4.34 Å². The van der Waals surface area contributed by atoms with Crippen LogP contribution in [0.25, 0.3) is 10.2 Å². The first-order valence-electron chi connectivity index (χ1n) is 7.63. The second-order valence-corrected chi connectivity index (χ2v) is 7.82. The maximum atomic E-state index is 12.2. The van der Waals surface area contributed by atoms with Crippen LogP contribution in [-0.4, -0.2) is 41.5 Å². The molecule has 128 valence electrons. The van der Waals surface area contributed by atoms with Crippen LogP contribution in [0.4, 0.5) is 5.69 Å². The zero-order chi connectivity index (χ0) is 17.8. The normalized spacial score (nSPS) is 10.6. The maximum Gasteiger partial charge on any atom is 0.253 e. The molecule has 0 aliphatic heterocycles. The average Bonchev–Trinajstić information content (AvgIpc) is 3.02. The molecule has 7 heteroatoms. The molecule has 0 bridgehead atoms. The van der Waals surface area contributed by atoms with Gasteiger partial charge in [0, 0.05) is 25.3 Å². The number of para-hydroxylation sites is 1. The van der Waals surface area contributed by atoms with Crippen molar-refractivity contribution in [1.82, 2.24) is 9.88 Å². The topological polar surface area (TPSA) is 62.3 Å². The van der Waals surface area contributed by atoms with E-state index in [1.54, 1.807) is 49.7 Å². The smallest absolute Gasteiger partial charge is 0.253 e. The predicted molar refractivity (Wildman–Crippen MR) is 103 cm³/mol. The van der Waals surface area contributed by atoms with Gasteiger partial charge in [-0.2, -0.15) is 0 Å². The number of fused-ring (bicyclic) bond motifs is 1. The number of rotatable bonds is 5. The van der Waals surface area contributed by atoms with E-state index in [4.69, 9.17) is 0 Å². The number of hydrogen-bond donors (Lipinski definition) is 1. The van der Waals surface area contributed by atoms with Crippen molar-refractivity contribution in [3.05, 3.63) is 54.1 Å². The largest absolute Gasteiger partial charge is 0.345 e. The lowest BCUT2D eigenvalue weighted by molar-refractivity contribution is -0.113. The van der Waals surface area contributed by atoms with Gasteiger partial charge in [-0.05, 0) is 30.3 Å². The van der Waals surface area contributed by atoms with Crippen molar-refractivity contribution < 1.29 is 9.59 Å². The van der Waals surface area contributed by atoms with Crippen LogP contribution < -0.4 is 5.32 Å². The van der Waals surface area contributed by atoms with Gasteiger partial charge in [-0.15, -0.1) is 11.3 Å². The number of benzene rings is 2. The van der Waals surface area contributed by atoms with E-state index in [0.717, 1.165) is 14.6 Å². The Bertz CT molecular complexity index is 888. The summed E-state index contributed by atoms with van der Waals surface area (Å²) in [6.45, 7) is 0. The molecule has 1 N–H and O–H groups in total. The Labute approximate surface area is 154 Å². The fourth-order valence-corrected chi connectivity index (χ4v) is 4.09. The van der Waals surface area contributed by atoms with Crippen LogP contribution in [0, 0.1) is 0 Å². The Kier molecular flexibility index (Phi) is 5.35. The van der Waals surface area contributed by atoms with Gasteiger partial charge in [0.1, 0.15) is 0 Å². The van der Waals surface area contributed by atoms with Crippen molar-refractivity contribution in [2.75, 3.05) is 25.2 Å². The van der Waals surface area contributed by atoms with E-state index < -0.39 is 0 Å². The number of hydrogen-bond acceptors (Lipinski definition) is 5. The van der Waals surface area contributed by atoms with Crippen LogP contribution in [0.1, 0.15) is 10.4 Å². The quantitative estimate of drug-likeness (QED) is 0.694. The van der Waals surface area contributed by atoms with Crippen LogP contribution in [-0.2, 0) is 4.79 Å². The molecule has 0 spiro atoms. The molecule has 0 radical (unpaired) electrons. The van der Waals surface area contributed by atoms with E-state index in [1.165, 1.54) is 16.7 Å². The summed E-state index contributed by atoms with van der Waals surface area (Å²) in [7, 11) is 3.39. The Hall–Kier alpha value is -2.38. The number of carbonyl (C=O) groups is 2. The monoisotopic (exact) mass is 371 g/mol. The Morgan fingerprint density at radius 1 is 1.16 bits per heavy atom. The standard InChI is InChI=1S/C18H17N3O2S2/c1-21(2)17(23)12-6-5-7-13(10-12)19-16(22)11-24-18-20-14-8-3-4-9-15(14)25-18/h3-10H,11H2,1-2H3,(H,19,22). The average molecular weight is 371 g/mol. The summed E-state index contributed by atoms with van der Waals surface area (Å²) in [5.74, 6) is 0.0461. The molecule has 0 aliphatic carbocycles. The molecule has 5 nitrogen and oxygen atoms in total. The number of thiazole rings is 1. The number of carbonyl (C=O) groups excluding carboxylic acids is 2. The first-order valence-corrected chi connectivity index (χ1v) is 9.43. The number of amides is 2. The highest BCUT2D eigenvalue weighted by atomic mass is 32.2. The van der Waals surface area contributed by atoms with E-state index in [1.807, 2.05) is 24.3 Å². The minimum Gasteiger partial charge on any atom is -0.345 e. The first-order chi connectivity index (χ1) is 12.0. The summed E-state index contributed by atoms with van der Waals surface area (Å²) in [6, 6.07) is 14.8. The van der Waals surface area contributed by atoms with Crippen molar-refractivity contribution in [2.24, 2.45) is 0 Å². The molecule has 0 fully saturated rings. The molecular formula is C18H17N3O2S2. The van der Waals surface area contributed by atoms with E-state index in [-0.39, 0.29) is 17.6 Å². The van der Waals surface area contributed by atoms with Crippen molar-refractivity contribution >= 4 is 50.8 Å². The highest BCUT2D eigenvalue weighted by Gasteiger charge is 2.11. The van der Waals surface area contributed by atoms with E-state index in [2.05, 4.69) is 10.3 Å². The van der Waals surface area contributed by atoms with Gasteiger partial charge >= 0.3 is 0 Å². The van der Waals surface area contributed by atoms with Crippen LogP contribution >= 0.6 is 23.1 Å². The number of anilines is 1. The van der Waals surface area contributed by atoms with Gasteiger partial charge in [0.05, 0.1) is 16.0 Å².